The molecule has 1 unspecified atom stereocenters. The van der Waals surface area contributed by atoms with Gasteiger partial charge in [0.15, 0.2) is 0 Å². The largest absolute Gasteiger partial charge is 0.606 e. The summed E-state index contributed by atoms with van der Waals surface area (Å²) in [6.07, 6.45) is 1.59. The molecule has 0 radical (unpaired) electrons. The Balaban J connectivity index is 3.96. The molecule has 0 amide bonds. The highest BCUT2D eigenvalue weighted by molar-refractivity contribution is 7.52. The van der Waals surface area contributed by atoms with Crippen molar-refractivity contribution in [1.29, 1.82) is 0 Å². The van der Waals surface area contributed by atoms with E-state index in [1.165, 1.54) is 0 Å². The van der Waals surface area contributed by atoms with Crippen molar-refractivity contribution in [1.82, 2.24) is 0 Å². The Hall–Kier alpha value is -0.560. The van der Waals surface area contributed by atoms with Crippen LogP contribution in [-0.2, 0) is 18.6 Å². The van der Waals surface area contributed by atoms with Crippen LogP contribution in [0.3, 0.4) is 0 Å². The van der Waals surface area contributed by atoms with Crippen LogP contribution in [0.2, 0.25) is 0 Å². The predicted octanol–water partition coefficient (Wildman–Crippen LogP) is 1.05. The number of hydrogen-bond acceptors (Lipinski definition) is 6. The number of quaternary nitrogens is 1. The number of phosphoric acid groups is 1. The van der Waals surface area contributed by atoms with Gasteiger partial charge in [0.05, 0.1) is 20.7 Å². The van der Waals surface area contributed by atoms with Gasteiger partial charge in [-0.1, -0.05) is 19.9 Å². The third kappa shape index (κ3) is 11.1. The van der Waals surface area contributed by atoms with Crippen LogP contribution in [0.5, 0.6) is 0 Å². The van der Waals surface area contributed by atoms with E-state index in [4.69, 9.17) is 13.8 Å². The average molecular weight is 338 g/mol. The second-order valence-electron chi connectivity index (χ2n) is 5.79. The molecule has 0 bridgehead atoms. The molecule has 0 spiro atoms. The second kappa shape index (κ2) is 10.3. The van der Waals surface area contributed by atoms with Crippen molar-refractivity contribution < 1.29 is 32.8 Å². The molecule has 0 aromatic carbocycles. The van der Waals surface area contributed by atoms with E-state index < -0.39 is 14.1 Å². The van der Waals surface area contributed by atoms with Gasteiger partial charge in [0, 0.05) is 5.57 Å². The van der Waals surface area contributed by atoms with Gasteiger partial charge in [0.25, 0.3) is 0 Å². The molecule has 8 heteroatoms. The van der Waals surface area contributed by atoms with Crippen LogP contribution < -0.4 is 4.89 Å². The van der Waals surface area contributed by atoms with Crippen molar-refractivity contribution in [3.63, 3.8) is 0 Å². The summed E-state index contributed by atoms with van der Waals surface area (Å²) in [4.78, 5) is 32.3. The van der Waals surface area contributed by atoms with Gasteiger partial charge >= 0.3 is 14.1 Å². The number of rotatable bonds is 12. The summed E-state index contributed by atoms with van der Waals surface area (Å²) in [7, 11) is -0.140. The number of carbonyl (C=O) groups excluding carboxylic acids is 1. The zero-order valence-electron chi connectivity index (χ0n) is 14.0. The van der Waals surface area contributed by atoms with Crippen molar-refractivity contribution in [3.05, 3.63) is 12.2 Å². The second-order valence-corrected chi connectivity index (χ2v) is 7.24. The van der Waals surface area contributed by atoms with E-state index in [9.17, 15) is 14.6 Å². The normalized spacial score (nSPS) is 14.5. The molecule has 0 aromatic rings. The summed E-state index contributed by atoms with van der Waals surface area (Å²) < 4.78 is 15.3. The van der Waals surface area contributed by atoms with E-state index in [0.29, 0.717) is 29.6 Å². The van der Waals surface area contributed by atoms with Gasteiger partial charge in [0.2, 0.25) is 0 Å². The van der Waals surface area contributed by atoms with E-state index in [0.717, 1.165) is 6.42 Å². The lowest BCUT2D eigenvalue weighted by Crippen LogP contribution is -2.45. The molecule has 22 heavy (non-hydrogen) atoms. The number of esters is 1. The first-order valence-electron chi connectivity index (χ1n) is 7.36. The molecule has 0 aliphatic heterocycles. The number of carbonyl (C=O) groups is 1. The maximum Gasteiger partial charge on any atom is 0.377 e. The molecule has 0 rings (SSSR count). The highest BCUT2D eigenvalue weighted by Crippen LogP contribution is 2.47. The molecule has 0 aliphatic rings. The molecule has 130 valence electrons. The molecule has 0 saturated carbocycles. The maximum atomic E-state index is 11.6. The van der Waals surface area contributed by atoms with Crippen molar-refractivity contribution in [2.75, 3.05) is 47.0 Å². The van der Waals surface area contributed by atoms with E-state index in [2.05, 4.69) is 6.58 Å². The lowest BCUT2D eigenvalue weighted by Gasteiger charge is -2.29. The third-order valence-corrected chi connectivity index (χ3v) is 4.00. The summed E-state index contributed by atoms with van der Waals surface area (Å²) in [5, 5.41) is 0. The van der Waals surface area contributed by atoms with Gasteiger partial charge in [-0.3, -0.25) is 0 Å². The minimum absolute atomic E-state index is 0.0847. The van der Waals surface area contributed by atoms with E-state index in [1.807, 2.05) is 21.0 Å². The summed E-state index contributed by atoms with van der Waals surface area (Å²) in [5.41, 5.74) is 0.360. The van der Waals surface area contributed by atoms with Gasteiger partial charge in [-0.25, -0.2) is 4.79 Å². The van der Waals surface area contributed by atoms with Crippen molar-refractivity contribution in [2.45, 2.75) is 26.7 Å². The Bertz CT molecular complexity index is 359. The molecule has 0 aromatic heterocycles. The van der Waals surface area contributed by atoms with Gasteiger partial charge in [-0.15, -0.1) is 0 Å². The minimum atomic E-state index is -3.97. The van der Waals surface area contributed by atoms with Crippen molar-refractivity contribution in [3.8, 4) is 0 Å². The molecule has 0 saturated heterocycles. The Kier molecular flexibility index (Phi) is 10.00. The first-order chi connectivity index (χ1) is 10.1. The lowest BCUT2D eigenvalue weighted by molar-refractivity contribution is -0.890. The number of hydrogen-bond donors (Lipinski definition) is 1. The molecule has 7 nitrogen and oxygen atoms in total. The Morgan fingerprint density at radius 2 is 1.77 bits per heavy atom. The van der Waals surface area contributed by atoms with Gasteiger partial charge < -0.3 is 14.1 Å². The summed E-state index contributed by atoms with van der Waals surface area (Å²) >= 11 is 0. The highest BCUT2D eigenvalue weighted by Gasteiger charge is 2.28. The molecule has 0 aliphatic carbocycles. The van der Waals surface area contributed by atoms with Crippen molar-refractivity contribution >= 4 is 14.1 Å². The molecule has 0 fully saturated rings. The van der Waals surface area contributed by atoms with Crippen LogP contribution in [0.4, 0.5) is 0 Å². The standard InChI is InChI=1S/C14H28NO6P/c1-6-7-10-20-22(17,18)21-12-9-15(4,5)8-11-19-14(16)13(2)3/h2,6-12H2,1,3-5H3/p+1. The van der Waals surface area contributed by atoms with Gasteiger partial charge in [-0.2, -0.15) is 13.9 Å². The summed E-state index contributed by atoms with van der Waals surface area (Å²) in [6.45, 7) is 8.66. The monoisotopic (exact) mass is 338 g/mol. The topological polar surface area (TPSA) is 88.1 Å². The third-order valence-electron chi connectivity index (χ3n) is 2.98. The first-order valence-corrected chi connectivity index (χ1v) is 8.85. The Morgan fingerprint density at radius 1 is 1.23 bits per heavy atom. The average Bonchev–Trinajstić information content (AvgIpc) is 2.37. The van der Waals surface area contributed by atoms with Crippen LogP contribution in [0.1, 0.15) is 26.7 Å². The van der Waals surface area contributed by atoms with Crippen LogP contribution in [0.25, 0.3) is 0 Å². The fraction of sp³-hybridized carbons (Fsp3) is 0.786. The molecule has 1 N–H and O–H groups in total. The van der Waals surface area contributed by atoms with Gasteiger partial charge in [-0.05, 0) is 13.3 Å². The molecule has 1 atom stereocenters. The van der Waals surface area contributed by atoms with E-state index in [1.54, 1.807) is 6.92 Å². The zero-order valence-corrected chi connectivity index (χ0v) is 14.9. The van der Waals surface area contributed by atoms with Crippen LogP contribution in [0, 0.1) is 0 Å². The number of unbranched alkanes of at least 4 members (excludes halogenated alkanes) is 1. The van der Waals surface area contributed by atoms with Crippen LogP contribution in [-0.4, -0.2) is 62.4 Å². The SMILES string of the molecule is C=C(C)C(=O)OCC[N+](C)(C)CCO[P+]([O-])(O)OCCCC. The molecular weight excluding hydrogens is 309 g/mol. The van der Waals surface area contributed by atoms with Crippen molar-refractivity contribution in [2.24, 2.45) is 0 Å². The summed E-state index contributed by atoms with van der Waals surface area (Å²) in [6, 6.07) is 0. The maximum absolute atomic E-state index is 11.6. The lowest BCUT2D eigenvalue weighted by atomic mass is 10.4. The Morgan fingerprint density at radius 3 is 2.32 bits per heavy atom. The molecule has 0 heterocycles. The number of phosphoric ester groups is 1. The fourth-order valence-corrected chi connectivity index (χ4v) is 2.13. The van der Waals surface area contributed by atoms with E-state index >= 15 is 0 Å². The smallest absolute Gasteiger partial charge is 0.377 e. The minimum Gasteiger partial charge on any atom is -0.606 e. The first kappa shape index (κ1) is 21.4. The van der Waals surface area contributed by atoms with Gasteiger partial charge in [0.1, 0.15) is 26.3 Å². The number of ether oxygens (including phenoxy) is 1. The fourth-order valence-electron chi connectivity index (χ4n) is 1.39. The van der Waals surface area contributed by atoms with E-state index in [-0.39, 0.29) is 19.8 Å². The number of likely N-dealkylation sites (N-methyl/N-ethyl adjacent to an activating group) is 1. The zero-order chi connectivity index (χ0) is 17.2. The van der Waals surface area contributed by atoms with Crippen LogP contribution in [0.15, 0.2) is 12.2 Å². The quantitative estimate of drug-likeness (QED) is 0.188. The molecular formula is C14H29NO6P+. The summed E-state index contributed by atoms with van der Waals surface area (Å²) in [5.74, 6) is -0.416. The van der Waals surface area contributed by atoms with Crippen LogP contribution >= 0.6 is 8.17 Å². The number of nitrogens with zero attached hydrogens (tertiary/aromatic N) is 1. The predicted molar refractivity (Wildman–Crippen MR) is 83.6 cm³/mol. The highest BCUT2D eigenvalue weighted by atomic mass is 31.2. The Labute approximate surface area is 133 Å².